The highest BCUT2D eigenvalue weighted by atomic mass is 15.4. The van der Waals surface area contributed by atoms with Crippen LogP contribution in [0.5, 0.6) is 0 Å². The second-order valence-electron chi connectivity index (χ2n) is 7.38. The highest BCUT2D eigenvalue weighted by Gasteiger charge is 2.26. The van der Waals surface area contributed by atoms with E-state index in [1.54, 1.807) is 0 Å². The number of rotatable bonds is 13. The minimum atomic E-state index is 0.508. The Morgan fingerprint density at radius 1 is 0.720 bits per heavy atom. The molecule has 0 aromatic heterocycles. The quantitative estimate of drug-likeness (QED) is 0.358. The number of hydrogen-bond acceptors (Lipinski definition) is 2. The molecule has 1 aromatic carbocycles. The van der Waals surface area contributed by atoms with E-state index in [0.717, 1.165) is 0 Å². The van der Waals surface area contributed by atoms with Crippen molar-refractivity contribution in [2.75, 3.05) is 11.4 Å². The molecule has 1 heterocycles. The molecule has 0 aliphatic carbocycles. The van der Waals surface area contributed by atoms with Gasteiger partial charge in [0.1, 0.15) is 6.17 Å². The fraction of sp³-hybridized carbons (Fsp3) is 0.652. The van der Waals surface area contributed by atoms with Crippen LogP contribution in [-0.4, -0.2) is 17.6 Å². The summed E-state index contributed by atoms with van der Waals surface area (Å²) in [5.74, 6) is 0. The third kappa shape index (κ3) is 6.76. The van der Waals surface area contributed by atoms with Crippen LogP contribution in [0, 0.1) is 0 Å². The fourth-order valence-corrected chi connectivity index (χ4v) is 3.70. The highest BCUT2D eigenvalue weighted by Crippen LogP contribution is 2.28. The molecule has 25 heavy (non-hydrogen) atoms. The maximum atomic E-state index is 2.55. The topological polar surface area (TPSA) is 6.48 Å². The first-order valence-electron chi connectivity index (χ1n) is 10.6. The van der Waals surface area contributed by atoms with Gasteiger partial charge in [0.2, 0.25) is 0 Å². The number of para-hydroxylation sites is 1. The van der Waals surface area contributed by atoms with Crippen LogP contribution in [0.3, 0.4) is 0 Å². The van der Waals surface area contributed by atoms with Crippen LogP contribution < -0.4 is 4.90 Å². The van der Waals surface area contributed by atoms with Gasteiger partial charge in [-0.25, -0.2) is 0 Å². The van der Waals surface area contributed by atoms with E-state index in [1.807, 2.05) is 0 Å². The van der Waals surface area contributed by atoms with Gasteiger partial charge in [-0.3, -0.25) is 0 Å². The molecule has 140 valence electrons. The smallest absolute Gasteiger partial charge is 0.105 e. The first kappa shape index (κ1) is 19.9. The molecule has 0 bridgehead atoms. The van der Waals surface area contributed by atoms with Gasteiger partial charge in [-0.15, -0.1) is 0 Å². The van der Waals surface area contributed by atoms with E-state index >= 15 is 0 Å². The Morgan fingerprint density at radius 2 is 1.36 bits per heavy atom. The molecule has 1 unspecified atom stereocenters. The van der Waals surface area contributed by atoms with Crippen molar-refractivity contribution in [3.8, 4) is 0 Å². The lowest BCUT2D eigenvalue weighted by molar-refractivity contribution is 0.275. The molecule has 0 saturated carbocycles. The van der Waals surface area contributed by atoms with Crippen molar-refractivity contribution in [3.05, 3.63) is 42.7 Å². The average Bonchev–Trinajstić information content (AvgIpc) is 3.05. The van der Waals surface area contributed by atoms with E-state index in [2.05, 4.69) is 66.4 Å². The molecule has 1 atom stereocenters. The first-order valence-corrected chi connectivity index (χ1v) is 10.6. The van der Waals surface area contributed by atoms with Crippen molar-refractivity contribution < 1.29 is 0 Å². The predicted molar refractivity (Wildman–Crippen MR) is 111 cm³/mol. The van der Waals surface area contributed by atoms with Crippen LogP contribution in [0.1, 0.15) is 84.5 Å². The summed E-state index contributed by atoms with van der Waals surface area (Å²) in [6.07, 6.45) is 20.1. The first-order chi connectivity index (χ1) is 12.4. The molecule has 0 N–H and O–H groups in total. The lowest BCUT2D eigenvalue weighted by Gasteiger charge is -2.33. The van der Waals surface area contributed by atoms with E-state index in [0.29, 0.717) is 6.17 Å². The molecule has 2 nitrogen and oxygen atoms in total. The molecule has 0 amide bonds. The van der Waals surface area contributed by atoms with Crippen LogP contribution in [-0.2, 0) is 0 Å². The van der Waals surface area contributed by atoms with Crippen molar-refractivity contribution >= 4 is 5.69 Å². The summed E-state index contributed by atoms with van der Waals surface area (Å²) in [4.78, 5) is 5.02. The van der Waals surface area contributed by atoms with Crippen LogP contribution in [0.25, 0.3) is 0 Å². The molecule has 0 fully saturated rings. The zero-order chi connectivity index (χ0) is 17.7. The van der Waals surface area contributed by atoms with E-state index in [4.69, 9.17) is 0 Å². The minimum absolute atomic E-state index is 0.508. The lowest BCUT2D eigenvalue weighted by Crippen LogP contribution is -2.39. The molecule has 0 saturated heterocycles. The number of benzene rings is 1. The van der Waals surface area contributed by atoms with Crippen molar-refractivity contribution in [2.45, 2.75) is 90.6 Å². The Balaban J connectivity index is 1.78. The van der Waals surface area contributed by atoms with Crippen LogP contribution in [0.15, 0.2) is 42.7 Å². The van der Waals surface area contributed by atoms with Crippen molar-refractivity contribution in [2.24, 2.45) is 0 Å². The van der Waals surface area contributed by atoms with Crippen LogP contribution in [0.4, 0.5) is 5.69 Å². The zero-order valence-electron chi connectivity index (χ0n) is 16.5. The van der Waals surface area contributed by atoms with Gasteiger partial charge in [-0.2, -0.15) is 0 Å². The summed E-state index contributed by atoms with van der Waals surface area (Å²) in [7, 11) is 0. The van der Waals surface area contributed by atoms with Crippen LogP contribution >= 0.6 is 0 Å². The summed E-state index contributed by atoms with van der Waals surface area (Å²) >= 11 is 0. The molecule has 1 aliphatic heterocycles. The van der Waals surface area contributed by atoms with Crippen molar-refractivity contribution in [1.29, 1.82) is 0 Å². The van der Waals surface area contributed by atoms with Crippen LogP contribution in [0.2, 0.25) is 0 Å². The lowest BCUT2D eigenvalue weighted by atomic mass is 10.1. The molecular weight excluding hydrogens is 304 g/mol. The second kappa shape index (κ2) is 12.0. The van der Waals surface area contributed by atoms with Crippen molar-refractivity contribution in [1.82, 2.24) is 4.90 Å². The number of nitrogens with zero attached hydrogens (tertiary/aromatic N) is 2. The van der Waals surface area contributed by atoms with E-state index in [9.17, 15) is 0 Å². The maximum absolute atomic E-state index is 2.55. The van der Waals surface area contributed by atoms with E-state index < -0.39 is 0 Å². The average molecular weight is 343 g/mol. The van der Waals surface area contributed by atoms with E-state index in [1.165, 1.54) is 82.9 Å². The summed E-state index contributed by atoms with van der Waals surface area (Å²) < 4.78 is 0. The summed E-state index contributed by atoms with van der Waals surface area (Å²) in [5, 5.41) is 0. The Kier molecular flexibility index (Phi) is 9.54. The SMILES string of the molecule is CCCCCCCCCCC1N(CCCC)C=CN1c1ccccc1. The van der Waals surface area contributed by atoms with Gasteiger partial charge in [0.05, 0.1) is 0 Å². The number of unbranched alkanes of at least 4 members (excludes halogenated alkanes) is 8. The van der Waals surface area contributed by atoms with Gasteiger partial charge in [0, 0.05) is 24.6 Å². The maximum Gasteiger partial charge on any atom is 0.105 e. The molecule has 1 aliphatic rings. The Labute approximate surface area is 155 Å². The normalized spacial score (nSPS) is 16.8. The van der Waals surface area contributed by atoms with Gasteiger partial charge in [0.25, 0.3) is 0 Å². The van der Waals surface area contributed by atoms with Gasteiger partial charge >= 0.3 is 0 Å². The third-order valence-electron chi connectivity index (χ3n) is 5.26. The molecule has 2 heteroatoms. The number of hydrogen-bond donors (Lipinski definition) is 0. The molecule has 0 spiro atoms. The monoisotopic (exact) mass is 342 g/mol. The molecule has 1 aromatic rings. The highest BCUT2D eigenvalue weighted by molar-refractivity contribution is 5.51. The van der Waals surface area contributed by atoms with Crippen molar-refractivity contribution in [3.63, 3.8) is 0 Å². The molecular formula is C23H38N2. The van der Waals surface area contributed by atoms with E-state index in [-0.39, 0.29) is 0 Å². The molecule has 2 rings (SSSR count). The van der Waals surface area contributed by atoms with Gasteiger partial charge in [-0.1, -0.05) is 83.4 Å². The Morgan fingerprint density at radius 3 is 2.04 bits per heavy atom. The zero-order valence-corrected chi connectivity index (χ0v) is 16.5. The standard InChI is InChI=1S/C23H38N2/c1-3-5-7-8-9-10-11-15-18-23-24(19-6-4-2)20-21-25(23)22-16-13-12-14-17-22/h12-14,16-17,20-21,23H,3-11,15,18-19H2,1-2H3. The van der Waals surface area contributed by atoms with Gasteiger partial charge in [0.15, 0.2) is 0 Å². The molecule has 0 radical (unpaired) electrons. The summed E-state index contributed by atoms with van der Waals surface area (Å²) in [6, 6.07) is 10.9. The third-order valence-corrected chi connectivity index (χ3v) is 5.26. The van der Waals surface area contributed by atoms with Gasteiger partial charge in [-0.05, 0) is 31.4 Å². The second-order valence-corrected chi connectivity index (χ2v) is 7.38. The Hall–Kier alpha value is -1.44. The number of anilines is 1. The minimum Gasteiger partial charge on any atom is -0.356 e. The largest absolute Gasteiger partial charge is 0.356 e. The Bertz CT molecular complexity index is 468. The van der Waals surface area contributed by atoms with Gasteiger partial charge < -0.3 is 9.80 Å². The summed E-state index contributed by atoms with van der Waals surface area (Å²) in [6.45, 7) is 5.75. The summed E-state index contributed by atoms with van der Waals surface area (Å²) in [5.41, 5.74) is 1.32. The fourth-order valence-electron chi connectivity index (χ4n) is 3.70. The predicted octanol–water partition coefficient (Wildman–Crippen LogP) is 6.94.